The summed E-state index contributed by atoms with van der Waals surface area (Å²) in [5.41, 5.74) is 1.80. The summed E-state index contributed by atoms with van der Waals surface area (Å²) in [5, 5.41) is 17.6. The molecule has 0 aliphatic rings. The number of hydrogen-bond donors (Lipinski definition) is 2. The third kappa shape index (κ3) is 2.42. The first kappa shape index (κ1) is 10.7. The maximum absolute atomic E-state index is 8.81. The van der Waals surface area contributed by atoms with E-state index in [1.54, 1.807) is 12.1 Å². The quantitative estimate of drug-likeness (QED) is 0.764. The predicted molar refractivity (Wildman–Crippen MR) is 62.7 cm³/mol. The molecule has 0 saturated carbocycles. The minimum atomic E-state index is -1.80. The second-order valence-corrected chi connectivity index (χ2v) is 3.31. The van der Waals surface area contributed by atoms with Gasteiger partial charge in [-0.05, 0) is 11.6 Å². The molecule has 16 heavy (non-hydrogen) atoms. The molecule has 0 bridgehead atoms. The third-order valence-corrected chi connectivity index (χ3v) is 2.20. The molecule has 0 spiro atoms. The van der Waals surface area contributed by atoms with Gasteiger partial charge < -0.3 is 14.7 Å². The molecule has 0 aromatic heterocycles. The molecule has 2 N–H and O–H groups in total. The van der Waals surface area contributed by atoms with Gasteiger partial charge in [-0.2, -0.15) is 0 Å². The van der Waals surface area contributed by atoms with E-state index in [1.807, 2.05) is 42.5 Å². The summed E-state index contributed by atoms with van der Waals surface area (Å²) in [4.78, 5) is 0. The van der Waals surface area contributed by atoms with Crippen LogP contribution in [-0.4, -0.2) is 17.4 Å². The fraction of sp³-hybridized carbons (Fsp3) is 0. The van der Waals surface area contributed by atoms with E-state index in [4.69, 9.17) is 14.7 Å². The summed E-state index contributed by atoms with van der Waals surface area (Å²) < 4.78 is 4.91. The lowest BCUT2D eigenvalue weighted by Crippen LogP contribution is -2.20. The molecule has 0 amide bonds. The SMILES string of the molecule is OB(O)Oc1ccccc1-c1ccccc1. The van der Waals surface area contributed by atoms with Crippen molar-refractivity contribution in [3.05, 3.63) is 54.6 Å². The molecule has 2 rings (SSSR count). The maximum atomic E-state index is 8.81. The van der Waals surface area contributed by atoms with E-state index < -0.39 is 7.32 Å². The van der Waals surface area contributed by atoms with E-state index in [-0.39, 0.29) is 0 Å². The van der Waals surface area contributed by atoms with Crippen LogP contribution >= 0.6 is 0 Å². The van der Waals surface area contributed by atoms with Crippen LogP contribution in [0, 0.1) is 0 Å². The largest absolute Gasteiger partial charge is 0.707 e. The van der Waals surface area contributed by atoms with Crippen LogP contribution in [0.4, 0.5) is 0 Å². The zero-order valence-corrected chi connectivity index (χ0v) is 8.58. The Labute approximate surface area is 94.1 Å². The highest BCUT2D eigenvalue weighted by Gasteiger charge is 2.14. The summed E-state index contributed by atoms with van der Waals surface area (Å²) in [6.45, 7) is 0. The molecule has 0 aliphatic carbocycles. The molecule has 0 atom stereocenters. The van der Waals surface area contributed by atoms with Gasteiger partial charge in [-0.1, -0.05) is 48.5 Å². The van der Waals surface area contributed by atoms with Crippen molar-refractivity contribution in [2.45, 2.75) is 0 Å². The minimum Gasteiger partial charge on any atom is -0.512 e. The molecule has 2 aromatic carbocycles. The zero-order chi connectivity index (χ0) is 11.4. The van der Waals surface area contributed by atoms with Crippen LogP contribution in [0.1, 0.15) is 0 Å². The Morgan fingerprint density at radius 1 is 0.812 bits per heavy atom. The van der Waals surface area contributed by atoms with Crippen LogP contribution in [0.5, 0.6) is 5.75 Å². The molecular formula is C12H11BO3. The Morgan fingerprint density at radius 2 is 1.44 bits per heavy atom. The molecule has 0 radical (unpaired) electrons. The van der Waals surface area contributed by atoms with Crippen molar-refractivity contribution in [3.63, 3.8) is 0 Å². The molecule has 0 fully saturated rings. The van der Waals surface area contributed by atoms with Crippen LogP contribution in [0.15, 0.2) is 54.6 Å². The Kier molecular flexibility index (Phi) is 3.24. The van der Waals surface area contributed by atoms with Crippen LogP contribution in [0.3, 0.4) is 0 Å². The molecule has 0 aliphatic heterocycles. The molecule has 0 unspecified atom stereocenters. The monoisotopic (exact) mass is 214 g/mol. The average Bonchev–Trinajstić information content (AvgIpc) is 2.30. The lowest BCUT2D eigenvalue weighted by Gasteiger charge is -2.10. The first-order valence-electron chi connectivity index (χ1n) is 4.94. The number of hydrogen-bond acceptors (Lipinski definition) is 3. The van der Waals surface area contributed by atoms with Crippen LogP contribution in [0.25, 0.3) is 11.1 Å². The third-order valence-electron chi connectivity index (χ3n) is 2.20. The normalized spacial score (nSPS) is 9.88. The number of para-hydroxylation sites is 1. The van der Waals surface area contributed by atoms with Gasteiger partial charge in [0.25, 0.3) is 0 Å². The molecule has 0 heterocycles. The van der Waals surface area contributed by atoms with Gasteiger partial charge in [0.15, 0.2) is 0 Å². The predicted octanol–water partition coefficient (Wildman–Crippen LogP) is 1.70. The van der Waals surface area contributed by atoms with E-state index in [2.05, 4.69) is 0 Å². The minimum absolute atomic E-state index is 0.448. The second kappa shape index (κ2) is 4.83. The molecule has 3 nitrogen and oxygen atoms in total. The van der Waals surface area contributed by atoms with Gasteiger partial charge in [-0.3, -0.25) is 0 Å². The van der Waals surface area contributed by atoms with Gasteiger partial charge >= 0.3 is 7.32 Å². The lowest BCUT2D eigenvalue weighted by atomic mass is 10.0. The summed E-state index contributed by atoms with van der Waals surface area (Å²) in [6.07, 6.45) is 0. The first-order valence-corrected chi connectivity index (χ1v) is 4.94. The van der Waals surface area contributed by atoms with Crippen LogP contribution < -0.4 is 4.65 Å². The second-order valence-electron chi connectivity index (χ2n) is 3.31. The highest BCUT2D eigenvalue weighted by atomic mass is 16.6. The standard InChI is InChI=1S/C12H11BO3/c14-13(15)16-12-9-5-4-8-11(12)10-6-2-1-3-7-10/h1-9,14-15H. The van der Waals surface area contributed by atoms with Gasteiger partial charge in [-0.25, -0.2) is 0 Å². The maximum Gasteiger partial charge on any atom is 0.707 e. The smallest absolute Gasteiger partial charge is 0.512 e. The van der Waals surface area contributed by atoms with Crippen molar-refractivity contribution in [3.8, 4) is 16.9 Å². The highest BCUT2D eigenvalue weighted by molar-refractivity contribution is 6.34. The van der Waals surface area contributed by atoms with Gasteiger partial charge in [-0.15, -0.1) is 0 Å². The number of benzene rings is 2. The van der Waals surface area contributed by atoms with Gasteiger partial charge in [0.1, 0.15) is 5.75 Å². The van der Waals surface area contributed by atoms with Crippen molar-refractivity contribution in [1.29, 1.82) is 0 Å². The van der Waals surface area contributed by atoms with Crippen molar-refractivity contribution >= 4 is 7.32 Å². The van der Waals surface area contributed by atoms with Crippen molar-refractivity contribution in [1.82, 2.24) is 0 Å². The first-order chi connectivity index (χ1) is 7.77. The topological polar surface area (TPSA) is 49.7 Å². The molecule has 0 saturated heterocycles. The Morgan fingerprint density at radius 3 is 2.12 bits per heavy atom. The highest BCUT2D eigenvalue weighted by Crippen LogP contribution is 2.29. The average molecular weight is 214 g/mol. The van der Waals surface area contributed by atoms with Crippen molar-refractivity contribution in [2.75, 3.05) is 0 Å². The molecule has 2 aromatic rings. The lowest BCUT2D eigenvalue weighted by molar-refractivity contribution is 0.288. The van der Waals surface area contributed by atoms with E-state index in [1.165, 1.54) is 0 Å². The van der Waals surface area contributed by atoms with E-state index >= 15 is 0 Å². The summed E-state index contributed by atoms with van der Waals surface area (Å²) in [5.74, 6) is 0.448. The van der Waals surface area contributed by atoms with Crippen LogP contribution in [0.2, 0.25) is 0 Å². The fourth-order valence-corrected chi connectivity index (χ4v) is 1.54. The van der Waals surface area contributed by atoms with Crippen LogP contribution in [-0.2, 0) is 0 Å². The number of rotatable bonds is 3. The van der Waals surface area contributed by atoms with Crippen molar-refractivity contribution < 1.29 is 14.7 Å². The molecule has 80 valence electrons. The molecular weight excluding hydrogens is 203 g/mol. The molecule has 4 heteroatoms. The Hall–Kier alpha value is -1.78. The van der Waals surface area contributed by atoms with Gasteiger partial charge in [0, 0.05) is 5.56 Å². The Bertz CT molecular complexity index is 457. The van der Waals surface area contributed by atoms with Gasteiger partial charge in [0.05, 0.1) is 0 Å². The summed E-state index contributed by atoms with van der Waals surface area (Å²) in [7, 11) is -1.80. The van der Waals surface area contributed by atoms with E-state index in [0.29, 0.717) is 5.75 Å². The van der Waals surface area contributed by atoms with E-state index in [9.17, 15) is 0 Å². The summed E-state index contributed by atoms with van der Waals surface area (Å²) in [6, 6.07) is 16.9. The fourth-order valence-electron chi connectivity index (χ4n) is 1.54. The summed E-state index contributed by atoms with van der Waals surface area (Å²) >= 11 is 0. The van der Waals surface area contributed by atoms with Gasteiger partial charge in [0.2, 0.25) is 0 Å². The zero-order valence-electron chi connectivity index (χ0n) is 8.58. The van der Waals surface area contributed by atoms with Crippen molar-refractivity contribution in [2.24, 2.45) is 0 Å². The Balaban J connectivity index is 2.41. The van der Waals surface area contributed by atoms with E-state index in [0.717, 1.165) is 11.1 Å².